The zero-order valence-corrected chi connectivity index (χ0v) is 16.1. The molecule has 1 N–H and O–H groups in total. The minimum Gasteiger partial charge on any atom is -0.321 e. The number of benzene rings is 1. The van der Waals surface area contributed by atoms with Gasteiger partial charge in [-0.15, -0.1) is 0 Å². The number of aryl methyl sites for hydroxylation is 1. The Hall–Kier alpha value is -2.74. The maximum atomic E-state index is 13.0. The summed E-state index contributed by atoms with van der Waals surface area (Å²) in [5.74, 6) is -0.255. The Morgan fingerprint density at radius 3 is 2.54 bits per heavy atom. The van der Waals surface area contributed by atoms with E-state index in [9.17, 15) is 4.79 Å². The second-order valence-electron chi connectivity index (χ2n) is 5.80. The highest BCUT2D eigenvalue weighted by Gasteiger charge is 2.22. The molecule has 6 heteroatoms. The second kappa shape index (κ2) is 6.87. The summed E-state index contributed by atoms with van der Waals surface area (Å²) in [5.41, 5.74) is 4.25. The number of aromatic nitrogens is 3. The van der Waals surface area contributed by atoms with Crippen LogP contribution in [0.25, 0.3) is 17.0 Å². The first-order chi connectivity index (χ1) is 12.6. The summed E-state index contributed by atoms with van der Waals surface area (Å²) in [4.78, 5) is 22.0. The van der Waals surface area contributed by atoms with Gasteiger partial charge in [-0.05, 0) is 65.9 Å². The van der Waals surface area contributed by atoms with Crippen molar-refractivity contribution in [1.82, 2.24) is 14.4 Å². The summed E-state index contributed by atoms with van der Waals surface area (Å²) in [7, 11) is 0. The number of nitrogens with zero attached hydrogens (tertiary/aromatic N) is 3. The predicted molar refractivity (Wildman–Crippen MR) is 110 cm³/mol. The van der Waals surface area contributed by atoms with Crippen molar-refractivity contribution in [2.24, 2.45) is 0 Å². The molecule has 1 aromatic carbocycles. The van der Waals surface area contributed by atoms with Gasteiger partial charge in [0.1, 0.15) is 11.3 Å². The third-order valence-corrected chi connectivity index (χ3v) is 5.26. The number of para-hydroxylation sites is 1. The van der Waals surface area contributed by atoms with Gasteiger partial charge in [0, 0.05) is 21.1 Å². The van der Waals surface area contributed by atoms with Crippen molar-refractivity contribution in [1.29, 1.82) is 0 Å². The lowest BCUT2D eigenvalue weighted by atomic mass is 10.2. The average molecular weight is 454 g/mol. The lowest BCUT2D eigenvalue weighted by Crippen LogP contribution is -2.14. The summed E-state index contributed by atoms with van der Waals surface area (Å²) < 4.78 is 3.09. The molecule has 3 heterocycles. The van der Waals surface area contributed by atoms with E-state index >= 15 is 0 Å². The van der Waals surface area contributed by atoms with E-state index in [1.807, 2.05) is 72.0 Å². The van der Waals surface area contributed by atoms with Crippen LogP contribution in [0.15, 0.2) is 66.9 Å². The van der Waals surface area contributed by atoms with Crippen LogP contribution in [0.5, 0.6) is 0 Å². The maximum absolute atomic E-state index is 13.0. The maximum Gasteiger partial charge on any atom is 0.276 e. The molecule has 0 unspecified atom stereocenters. The summed E-state index contributed by atoms with van der Waals surface area (Å²) in [5, 5.41) is 2.92. The minimum atomic E-state index is -0.255. The summed E-state index contributed by atoms with van der Waals surface area (Å²) in [6, 6.07) is 18.9. The molecule has 128 valence electrons. The van der Waals surface area contributed by atoms with Crippen LogP contribution in [0.4, 0.5) is 5.69 Å². The van der Waals surface area contributed by atoms with E-state index in [4.69, 9.17) is 0 Å². The van der Waals surface area contributed by atoms with Crippen molar-refractivity contribution in [2.75, 3.05) is 5.32 Å². The monoisotopic (exact) mass is 454 g/mol. The minimum absolute atomic E-state index is 0.255. The Balaban J connectivity index is 1.92. The van der Waals surface area contributed by atoms with Gasteiger partial charge in [0.25, 0.3) is 5.91 Å². The van der Waals surface area contributed by atoms with Gasteiger partial charge < -0.3 is 5.32 Å². The number of anilines is 1. The lowest BCUT2D eigenvalue weighted by molar-refractivity contribution is 0.102. The number of carbonyl (C=O) groups excluding carboxylic acids is 1. The van der Waals surface area contributed by atoms with Gasteiger partial charge in [0.15, 0.2) is 5.69 Å². The Labute approximate surface area is 164 Å². The van der Waals surface area contributed by atoms with E-state index in [1.165, 1.54) is 0 Å². The van der Waals surface area contributed by atoms with Crippen LogP contribution in [0, 0.1) is 10.5 Å². The largest absolute Gasteiger partial charge is 0.321 e. The van der Waals surface area contributed by atoms with Crippen molar-refractivity contribution in [3.05, 3.63) is 81.8 Å². The molecule has 0 aliphatic heterocycles. The number of fused-ring (bicyclic) bond motifs is 1. The number of pyridine rings is 2. The van der Waals surface area contributed by atoms with Crippen LogP contribution in [-0.4, -0.2) is 20.3 Å². The molecule has 5 nitrogen and oxygen atoms in total. The highest BCUT2D eigenvalue weighted by molar-refractivity contribution is 14.1. The standard InChI is InChI=1S/C20H15IN4O/c1-13-15(21)10-11-17-24-18(20(26)23-14-7-3-2-4-8-14)19(25(13)17)16-9-5-6-12-22-16/h2-12H,1H3,(H,23,26). The molecule has 0 radical (unpaired) electrons. The highest BCUT2D eigenvalue weighted by atomic mass is 127. The zero-order valence-electron chi connectivity index (χ0n) is 14.0. The Kier molecular flexibility index (Phi) is 4.42. The van der Waals surface area contributed by atoms with Gasteiger partial charge in [0.2, 0.25) is 0 Å². The highest BCUT2D eigenvalue weighted by Crippen LogP contribution is 2.27. The summed E-state index contributed by atoms with van der Waals surface area (Å²) in [6.45, 7) is 2.02. The summed E-state index contributed by atoms with van der Waals surface area (Å²) >= 11 is 2.28. The zero-order chi connectivity index (χ0) is 18.1. The number of hydrogen-bond donors (Lipinski definition) is 1. The van der Waals surface area contributed by atoms with Gasteiger partial charge in [-0.3, -0.25) is 14.2 Å². The molecular weight excluding hydrogens is 439 g/mol. The molecule has 0 spiro atoms. The van der Waals surface area contributed by atoms with Crippen LogP contribution < -0.4 is 5.32 Å². The fourth-order valence-electron chi connectivity index (χ4n) is 2.87. The molecule has 3 aromatic heterocycles. The van der Waals surface area contributed by atoms with Gasteiger partial charge in [0.05, 0.1) is 5.69 Å². The Bertz CT molecular complexity index is 1090. The Morgan fingerprint density at radius 1 is 1.04 bits per heavy atom. The molecule has 4 rings (SSSR count). The molecule has 0 aliphatic rings. The van der Waals surface area contributed by atoms with Gasteiger partial charge in [-0.2, -0.15) is 0 Å². The number of nitrogens with one attached hydrogen (secondary N) is 1. The molecular formula is C20H15IN4O. The number of carbonyl (C=O) groups is 1. The average Bonchev–Trinajstić information content (AvgIpc) is 3.07. The van der Waals surface area contributed by atoms with Crippen LogP contribution in [0.2, 0.25) is 0 Å². The fourth-order valence-corrected chi connectivity index (χ4v) is 3.29. The molecule has 1 amide bonds. The Morgan fingerprint density at radius 2 is 1.81 bits per heavy atom. The first kappa shape index (κ1) is 16.7. The van der Waals surface area contributed by atoms with Gasteiger partial charge in [-0.1, -0.05) is 24.3 Å². The van der Waals surface area contributed by atoms with Crippen molar-refractivity contribution in [3.63, 3.8) is 0 Å². The van der Waals surface area contributed by atoms with Crippen LogP contribution in [-0.2, 0) is 0 Å². The third-order valence-electron chi connectivity index (χ3n) is 4.12. The fraction of sp³-hybridized carbons (Fsp3) is 0.0500. The van der Waals surface area contributed by atoms with Crippen molar-refractivity contribution in [2.45, 2.75) is 6.92 Å². The van der Waals surface area contributed by atoms with Crippen LogP contribution in [0.3, 0.4) is 0 Å². The third kappa shape index (κ3) is 2.96. The molecule has 0 saturated carbocycles. The molecule has 4 aromatic rings. The van der Waals surface area contributed by atoms with E-state index in [0.29, 0.717) is 17.1 Å². The quantitative estimate of drug-likeness (QED) is 0.462. The number of rotatable bonds is 3. The molecule has 0 atom stereocenters. The number of amides is 1. The first-order valence-corrected chi connectivity index (χ1v) is 9.18. The van der Waals surface area contributed by atoms with Crippen molar-refractivity contribution < 1.29 is 4.79 Å². The van der Waals surface area contributed by atoms with E-state index in [0.717, 1.165) is 20.6 Å². The van der Waals surface area contributed by atoms with Crippen molar-refractivity contribution in [3.8, 4) is 11.4 Å². The number of halogens is 1. The smallest absolute Gasteiger partial charge is 0.276 e. The van der Waals surface area contributed by atoms with E-state index in [-0.39, 0.29) is 5.91 Å². The summed E-state index contributed by atoms with van der Waals surface area (Å²) in [6.07, 6.45) is 1.72. The number of imidazole rings is 1. The molecule has 0 saturated heterocycles. The SMILES string of the molecule is Cc1c(I)ccc2nc(C(=O)Nc3ccccc3)c(-c3ccccn3)n12. The van der Waals surface area contributed by atoms with E-state index in [1.54, 1.807) is 6.20 Å². The predicted octanol–water partition coefficient (Wildman–Crippen LogP) is 4.56. The van der Waals surface area contributed by atoms with Gasteiger partial charge >= 0.3 is 0 Å². The van der Waals surface area contributed by atoms with E-state index < -0.39 is 0 Å². The molecule has 26 heavy (non-hydrogen) atoms. The topological polar surface area (TPSA) is 59.3 Å². The van der Waals surface area contributed by atoms with Crippen LogP contribution in [0.1, 0.15) is 16.2 Å². The van der Waals surface area contributed by atoms with Gasteiger partial charge in [-0.25, -0.2) is 4.98 Å². The van der Waals surface area contributed by atoms with Crippen molar-refractivity contribution >= 4 is 39.8 Å². The number of hydrogen-bond acceptors (Lipinski definition) is 3. The molecule has 0 aliphatic carbocycles. The second-order valence-corrected chi connectivity index (χ2v) is 6.97. The van der Waals surface area contributed by atoms with E-state index in [2.05, 4.69) is 37.9 Å². The first-order valence-electron chi connectivity index (χ1n) is 8.10. The lowest BCUT2D eigenvalue weighted by Gasteiger charge is -2.09. The normalized spacial score (nSPS) is 10.8. The van der Waals surface area contributed by atoms with Crippen LogP contribution >= 0.6 is 22.6 Å². The molecule has 0 bridgehead atoms. The molecule has 0 fully saturated rings.